The van der Waals surface area contributed by atoms with Crippen LogP contribution in [0.25, 0.3) is 5.69 Å². The largest absolute Gasteiger partial charge is 0.489 e. The fraction of sp³-hybridized carbons (Fsp3) is 0.333. The van der Waals surface area contributed by atoms with Crippen LogP contribution in [0.15, 0.2) is 36.5 Å². The van der Waals surface area contributed by atoms with Gasteiger partial charge in [-0.2, -0.15) is 5.10 Å². The van der Waals surface area contributed by atoms with Crippen LogP contribution in [0, 0.1) is 5.92 Å². The van der Waals surface area contributed by atoms with E-state index in [4.69, 9.17) is 4.74 Å². The molecule has 0 spiro atoms. The van der Waals surface area contributed by atoms with Gasteiger partial charge >= 0.3 is 5.97 Å². The van der Waals surface area contributed by atoms with Gasteiger partial charge < -0.3 is 9.84 Å². The SMILES string of the molecule is CCC(C)COc1cn(-c2ccccc2)nc1C(=O)O. The molecule has 0 fully saturated rings. The zero-order valence-electron chi connectivity index (χ0n) is 11.6. The Balaban J connectivity index is 2.27. The maximum Gasteiger partial charge on any atom is 0.360 e. The zero-order chi connectivity index (χ0) is 14.5. The number of hydrogen-bond donors (Lipinski definition) is 1. The van der Waals surface area contributed by atoms with Gasteiger partial charge in [0.05, 0.1) is 18.5 Å². The molecule has 5 nitrogen and oxygen atoms in total. The van der Waals surface area contributed by atoms with E-state index in [9.17, 15) is 9.90 Å². The topological polar surface area (TPSA) is 64.4 Å². The molecule has 0 aliphatic carbocycles. The number of carboxylic acid groups (broad SMARTS) is 1. The Morgan fingerprint density at radius 3 is 2.70 bits per heavy atom. The molecule has 106 valence electrons. The standard InChI is InChI=1S/C15H18N2O3/c1-3-11(2)10-20-13-9-17(16-14(13)15(18)19)12-7-5-4-6-8-12/h4-9,11H,3,10H2,1-2H3,(H,18,19). The average Bonchev–Trinajstić information content (AvgIpc) is 2.90. The van der Waals surface area contributed by atoms with E-state index < -0.39 is 5.97 Å². The summed E-state index contributed by atoms with van der Waals surface area (Å²) in [5.41, 5.74) is 0.741. The highest BCUT2D eigenvalue weighted by molar-refractivity contribution is 5.88. The summed E-state index contributed by atoms with van der Waals surface area (Å²) in [6, 6.07) is 9.36. The maximum atomic E-state index is 11.2. The molecule has 0 saturated heterocycles. The van der Waals surface area contributed by atoms with Crippen molar-refractivity contribution in [2.75, 3.05) is 6.61 Å². The number of benzene rings is 1. The molecule has 2 rings (SSSR count). The number of carboxylic acids is 1. The van der Waals surface area contributed by atoms with Crippen molar-refractivity contribution in [3.63, 3.8) is 0 Å². The van der Waals surface area contributed by atoms with Gasteiger partial charge in [-0.05, 0) is 18.1 Å². The molecule has 0 aliphatic rings. The summed E-state index contributed by atoms with van der Waals surface area (Å²) in [6.07, 6.45) is 2.59. The third-order valence-electron chi connectivity index (χ3n) is 3.12. The van der Waals surface area contributed by atoms with Crippen molar-refractivity contribution < 1.29 is 14.6 Å². The molecule has 1 aromatic carbocycles. The predicted octanol–water partition coefficient (Wildman–Crippen LogP) is 3.00. The fourth-order valence-electron chi connectivity index (χ4n) is 1.67. The quantitative estimate of drug-likeness (QED) is 0.879. The molecule has 1 atom stereocenters. The van der Waals surface area contributed by atoms with Crippen molar-refractivity contribution in [3.05, 3.63) is 42.2 Å². The summed E-state index contributed by atoms with van der Waals surface area (Å²) < 4.78 is 7.11. The predicted molar refractivity (Wildman–Crippen MR) is 75.5 cm³/mol. The smallest absolute Gasteiger partial charge is 0.360 e. The highest BCUT2D eigenvalue weighted by atomic mass is 16.5. The lowest BCUT2D eigenvalue weighted by Gasteiger charge is -2.09. The molecule has 0 bridgehead atoms. The minimum atomic E-state index is -1.08. The van der Waals surface area contributed by atoms with E-state index in [1.807, 2.05) is 30.3 Å². The van der Waals surface area contributed by atoms with Gasteiger partial charge in [0.15, 0.2) is 5.75 Å². The van der Waals surface area contributed by atoms with E-state index in [1.54, 1.807) is 6.20 Å². The lowest BCUT2D eigenvalue weighted by molar-refractivity contribution is 0.0684. The van der Waals surface area contributed by atoms with Gasteiger partial charge in [-0.15, -0.1) is 0 Å². The molecule has 0 saturated carbocycles. The average molecular weight is 274 g/mol. The van der Waals surface area contributed by atoms with Gasteiger partial charge in [-0.1, -0.05) is 38.5 Å². The van der Waals surface area contributed by atoms with E-state index in [2.05, 4.69) is 18.9 Å². The molecule has 20 heavy (non-hydrogen) atoms. The summed E-state index contributed by atoms with van der Waals surface area (Å²) in [6.45, 7) is 4.61. The Hall–Kier alpha value is -2.30. The number of carbonyl (C=O) groups is 1. The normalized spacial score (nSPS) is 12.1. The monoisotopic (exact) mass is 274 g/mol. The van der Waals surface area contributed by atoms with Crippen LogP contribution in [-0.4, -0.2) is 27.5 Å². The van der Waals surface area contributed by atoms with Crippen LogP contribution in [-0.2, 0) is 0 Å². The highest BCUT2D eigenvalue weighted by Crippen LogP contribution is 2.21. The molecule has 0 amide bonds. The van der Waals surface area contributed by atoms with Gasteiger partial charge in [0.1, 0.15) is 0 Å². The second-order valence-electron chi connectivity index (χ2n) is 4.75. The number of aromatic nitrogens is 2. The van der Waals surface area contributed by atoms with Crippen LogP contribution in [0.1, 0.15) is 30.8 Å². The first kappa shape index (κ1) is 14.1. The summed E-state index contributed by atoms with van der Waals surface area (Å²) >= 11 is 0. The first-order valence-electron chi connectivity index (χ1n) is 6.63. The Kier molecular flexibility index (Phi) is 4.40. The summed E-state index contributed by atoms with van der Waals surface area (Å²) in [4.78, 5) is 11.2. The van der Waals surface area contributed by atoms with Crippen LogP contribution in [0.3, 0.4) is 0 Å². The molecular formula is C15H18N2O3. The first-order chi connectivity index (χ1) is 9.61. The van der Waals surface area contributed by atoms with Gasteiger partial charge in [0.25, 0.3) is 0 Å². The van der Waals surface area contributed by atoms with Gasteiger partial charge in [-0.25, -0.2) is 9.48 Å². The summed E-state index contributed by atoms with van der Waals surface area (Å²) in [5.74, 6) is -0.405. The van der Waals surface area contributed by atoms with E-state index >= 15 is 0 Å². The number of rotatable bonds is 6. The molecule has 5 heteroatoms. The Morgan fingerprint density at radius 1 is 1.40 bits per heavy atom. The van der Waals surface area contributed by atoms with Crippen molar-refractivity contribution in [2.24, 2.45) is 5.92 Å². The van der Waals surface area contributed by atoms with Crippen LogP contribution < -0.4 is 4.74 Å². The second kappa shape index (κ2) is 6.23. The highest BCUT2D eigenvalue weighted by Gasteiger charge is 2.18. The van der Waals surface area contributed by atoms with E-state index in [-0.39, 0.29) is 5.69 Å². The van der Waals surface area contributed by atoms with Crippen LogP contribution >= 0.6 is 0 Å². The molecule has 1 unspecified atom stereocenters. The third kappa shape index (κ3) is 3.17. The number of para-hydroxylation sites is 1. The summed E-state index contributed by atoms with van der Waals surface area (Å²) in [7, 11) is 0. The molecule has 0 radical (unpaired) electrons. The van der Waals surface area contributed by atoms with Crippen molar-refractivity contribution >= 4 is 5.97 Å². The van der Waals surface area contributed by atoms with Gasteiger partial charge in [-0.3, -0.25) is 0 Å². The molecule has 1 heterocycles. The van der Waals surface area contributed by atoms with Gasteiger partial charge in [0.2, 0.25) is 5.69 Å². The number of ether oxygens (including phenoxy) is 1. The number of nitrogens with zero attached hydrogens (tertiary/aromatic N) is 2. The van der Waals surface area contributed by atoms with Gasteiger partial charge in [0, 0.05) is 0 Å². The number of aromatic carboxylic acids is 1. The lowest BCUT2D eigenvalue weighted by Crippen LogP contribution is -2.09. The van der Waals surface area contributed by atoms with Crippen LogP contribution in [0.4, 0.5) is 0 Å². The zero-order valence-corrected chi connectivity index (χ0v) is 11.6. The minimum absolute atomic E-state index is 0.0582. The van der Waals surface area contributed by atoms with Crippen LogP contribution in [0.2, 0.25) is 0 Å². The molecule has 1 N–H and O–H groups in total. The number of hydrogen-bond acceptors (Lipinski definition) is 3. The van der Waals surface area contributed by atoms with E-state index in [0.717, 1.165) is 12.1 Å². The molecule has 1 aromatic heterocycles. The maximum absolute atomic E-state index is 11.2. The lowest BCUT2D eigenvalue weighted by atomic mass is 10.1. The second-order valence-corrected chi connectivity index (χ2v) is 4.75. The Labute approximate surface area is 117 Å². The van der Waals surface area contributed by atoms with Crippen LogP contribution in [0.5, 0.6) is 5.75 Å². The Morgan fingerprint density at radius 2 is 2.10 bits per heavy atom. The molecule has 0 aliphatic heterocycles. The summed E-state index contributed by atoms with van der Waals surface area (Å²) in [5, 5.41) is 13.3. The van der Waals surface area contributed by atoms with Crippen molar-refractivity contribution in [2.45, 2.75) is 20.3 Å². The first-order valence-corrected chi connectivity index (χ1v) is 6.63. The molecular weight excluding hydrogens is 256 g/mol. The van der Waals surface area contributed by atoms with Crippen molar-refractivity contribution in [1.29, 1.82) is 0 Å². The van der Waals surface area contributed by atoms with E-state index in [1.165, 1.54) is 4.68 Å². The van der Waals surface area contributed by atoms with Crippen molar-refractivity contribution in [3.8, 4) is 11.4 Å². The fourth-order valence-corrected chi connectivity index (χ4v) is 1.67. The van der Waals surface area contributed by atoms with Crippen molar-refractivity contribution in [1.82, 2.24) is 9.78 Å². The molecule has 2 aromatic rings. The third-order valence-corrected chi connectivity index (χ3v) is 3.12. The minimum Gasteiger partial charge on any atom is -0.489 e. The van der Waals surface area contributed by atoms with E-state index in [0.29, 0.717) is 18.3 Å². The Bertz CT molecular complexity index is 578.